The fourth-order valence-electron chi connectivity index (χ4n) is 4.18. The summed E-state index contributed by atoms with van der Waals surface area (Å²) in [6.07, 6.45) is 8.39. The maximum Gasteiger partial charge on any atom is 0.0417 e. The van der Waals surface area contributed by atoms with Gasteiger partial charge in [0.25, 0.3) is 0 Å². The van der Waals surface area contributed by atoms with Crippen molar-refractivity contribution in [3.8, 4) is 0 Å². The van der Waals surface area contributed by atoms with Gasteiger partial charge in [-0.2, -0.15) is 0 Å². The van der Waals surface area contributed by atoms with Gasteiger partial charge in [0, 0.05) is 11.9 Å². The molecule has 1 saturated carbocycles. The predicted molar refractivity (Wildman–Crippen MR) is 58.5 cm³/mol. The van der Waals surface area contributed by atoms with Crippen LogP contribution in [0.15, 0.2) is 24.3 Å². The third-order valence-electron chi connectivity index (χ3n) is 4.78. The Labute approximate surface area is 105 Å². The van der Waals surface area contributed by atoms with Gasteiger partial charge < -0.3 is 19.8 Å². The number of allylic oxidation sites excluding steroid dienone is 4. The third-order valence-corrected chi connectivity index (χ3v) is 4.78. The standard InChI is InChI=1S/C14H16O4/c15-13(16)5-11-7-1-2-8(11)10-4-3-9(7)12(10)6-14(17)18/h1-4,7-12H,5-6H2,(H,15,16)(H,17,18)/p-2. The summed E-state index contributed by atoms with van der Waals surface area (Å²) in [4.78, 5) is 21.6. The quantitative estimate of drug-likeness (QED) is 0.603. The highest BCUT2D eigenvalue weighted by atomic mass is 16.4. The molecule has 1 fully saturated rings. The van der Waals surface area contributed by atoms with E-state index in [1.54, 1.807) is 0 Å². The van der Waals surface area contributed by atoms with Crippen LogP contribution in [-0.4, -0.2) is 11.9 Å². The van der Waals surface area contributed by atoms with Crippen LogP contribution >= 0.6 is 0 Å². The highest BCUT2D eigenvalue weighted by Gasteiger charge is 2.51. The monoisotopic (exact) mass is 246 g/mol. The van der Waals surface area contributed by atoms with Gasteiger partial charge in [-0.25, -0.2) is 0 Å². The topological polar surface area (TPSA) is 80.3 Å². The molecule has 0 radical (unpaired) electrons. The van der Waals surface area contributed by atoms with Gasteiger partial charge in [-0.1, -0.05) is 24.3 Å². The van der Waals surface area contributed by atoms with Gasteiger partial charge in [-0.3, -0.25) is 0 Å². The number of carboxylic acids is 2. The van der Waals surface area contributed by atoms with Crippen LogP contribution in [0.25, 0.3) is 0 Å². The van der Waals surface area contributed by atoms with E-state index in [4.69, 9.17) is 0 Å². The summed E-state index contributed by atoms with van der Waals surface area (Å²) in [6.45, 7) is 0. The molecular weight excluding hydrogens is 232 g/mol. The van der Waals surface area contributed by atoms with E-state index >= 15 is 0 Å². The maximum absolute atomic E-state index is 10.8. The third kappa shape index (κ3) is 1.59. The summed E-state index contributed by atoms with van der Waals surface area (Å²) >= 11 is 0. The van der Waals surface area contributed by atoms with Crippen molar-refractivity contribution in [3.05, 3.63) is 24.3 Å². The van der Waals surface area contributed by atoms with E-state index in [2.05, 4.69) is 24.3 Å². The second kappa shape index (κ2) is 3.97. The van der Waals surface area contributed by atoms with Crippen LogP contribution in [-0.2, 0) is 9.59 Å². The molecule has 18 heavy (non-hydrogen) atoms. The van der Waals surface area contributed by atoms with Gasteiger partial charge in [-0.15, -0.1) is 0 Å². The van der Waals surface area contributed by atoms with Crippen molar-refractivity contribution >= 4 is 11.9 Å². The smallest absolute Gasteiger partial charge is 0.0417 e. The van der Waals surface area contributed by atoms with E-state index in [0.29, 0.717) is 0 Å². The number of hydrogen-bond acceptors (Lipinski definition) is 4. The van der Waals surface area contributed by atoms with E-state index in [9.17, 15) is 19.8 Å². The van der Waals surface area contributed by atoms with Crippen LogP contribution in [0.1, 0.15) is 12.8 Å². The number of carbonyl (C=O) groups excluding carboxylic acids is 2. The van der Waals surface area contributed by atoms with Gasteiger partial charge in [0.15, 0.2) is 0 Å². The lowest BCUT2D eigenvalue weighted by Crippen LogP contribution is -2.42. The van der Waals surface area contributed by atoms with E-state index < -0.39 is 11.9 Å². The molecule has 4 atom stereocenters. The molecule has 3 aliphatic rings. The molecule has 0 spiro atoms. The lowest BCUT2D eigenvalue weighted by atomic mass is 9.62. The maximum atomic E-state index is 10.8. The Morgan fingerprint density at radius 2 is 1.00 bits per heavy atom. The summed E-state index contributed by atoms with van der Waals surface area (Å²) in [5.74, 6) is -1.32. The zero-order valence-corrected chi connectivity index (χ0v) is 9.82. The van der Waals surface area contributed by atoms with Crippen molar-refractivity contribution < 1.29 is 19.8 Å². The molecule has 0 aromatic carbocycles. The molecule has 0 aliphatic heterocycles. The second-order valence-electron chi connectivity index (χ2n) is 5.56. The highest BCUT2D eigenvalue weighted by molar-refractivity contribution is 5.66. The van der Waals surface area contributed by atoms with Crippen LogP contribution in [0, 0.1) is 35.5 Å². The van der Waals surface area contributed by atoms with Crippen molar-refractivity contribution in [3.63, 3.8) is 0 Å². The Kier molecular flexibility index (Phi) is 2.54. The van der Waals surface area contributed by atoms with Crippen molar-refractivity contribution in [2.75, 3.05) is 0 Å². The summed E-state index contributed by atoms with van der Waals surface area (Å²) in [6, 6.07) is 0. The Morgan fingerprint density at radius 3 is 1.22 bits per heavy atom. The molecule has 4 nitrogen and oxygen atoms in total. The van der Waals surface area contributed by atoms with Crippen LogP contribution in [0.2, 0.25) is 0 Å². The Bertz CT molecular complexity index is 385. The molecule has 0 N–H and O–H groups in total. The van der Waals surface area contributed by atoms with Crippen LogP contribution < -0.4 is 10.2 Å². The molecule has 96 valence electrons. The first-order valence-electron chi connectivity index (χ1n) is 6.34. The van der Waals surface area contributed by atoms with Crippen LogP contribution in [0.4, 0.5) is 0 Å². The highest BCUT2D eigenvalue weighted by Crippen LogP contribution is 2.57. The molecule has 0 aromatic rings. The largest absolute Gasteiger partial charge is 0.550 e. The number of hydrogen-bond donors (Lipinski definition) is 0. The lowest BCUT2D eigenvalue weighted by molar-refractivity contribution is -0.310. The fraction of sp³-hybridized carbons (Fsp3) is 0.571. The molecule has 4 unspecified atom stereocenters. The first kappa shape index (κ1) is 11.5. The van der Waals surface area contributed by atoms with Crippen LogP contribution in [0.5, 0.6) is 0 Å². The molecule has 0 heterocycles. The lowest BCUT2D eigenvalue weighted by Gasteiger charge is -2.42. The van der Waals surface area contributed by atoms with Gasteiger partial charge in [0.2, 0.25) is 0 Å². The molecule has 3 aliphatic carbocycles. The number of carbonyl (C=O) groups is 2. The zero-order valence-electron chi connectivity index (χ0n) is 9.82. The predicted octanol–water partition coefficient (Wildman–Crippen LogP) is -0.883. The zero-order chi connectivity index (χ0) is 12.9. The van der Waals surface area contributed by atoms with Gasteiger partial charge >= 0.3 is 0 Å². The summed E-state index contributed by atoms with van der Waals surface area (Å²) in [5.41, 5.74) is 0. The van der Waals surface area contributed by atoms with Crippen molar-refractivity contribution in [2.45, 2.75) is 12.8 Å². The van der Waals surface area contributed by atoms with E-state index in [1.807, 2.05) is 0 Å². The van der Waals surface area contributed by atoms with Crippen molar-refractivity contribution in [1.82, 2.24) is 0 Å². The molecule has 4 bridgehead atoms. The number of carboxylic acid groups (broad SMARTS) is 2. The Hall–Kier alpha value is -1.58. The van der Waals surface area contributed by atoms with Crippen molar-refractivity contribution in [2.24, 2.45) is 35.5 Å². The van der Waals surface area contributed by atoms with Gasteiger partial charge in [0.1, 0.15) is 0 Å². The SMILES string of the molecule is O=C([O-])CC1C2C=CC1C1C=CC2C1CC(=O)[O-]. The summed E-state index contributed by atoms with van der Waals surface area (Å²) in [7, 11) is 0. The normalized spacial score (nSPS) is 43.3. The molecule has 4 heteroatoms. The van der Waals surface area contributed by atoms with E-state index in [-0.39, 0.29) is 48.3 Å². The summed E-state index contributed by atoms with van der Waals surface area (Å²) < 4.78 is 0. The number of fused-ring (bicyclic) bond motifs is 6. The van der Waals surface area contributed by atoms with E-state index in [1.165, 1.54) is 0 Å². The Morgan fingerprint density at radius 1 is 0.722 bits per heavy atom. The first-order chi connectivity index (χ1) is 8.58. The van der Waals surface area contributed by atoms with Crippen molar-refractivity contribution in [1.29, 1.82) is 0 Å². The second-order valence-corrected chi connectivity index (χ2v) is 5.56. The minimum atomic E-state index is -1.02. The Balaban J connectivity index is 1.84. The minimum absolute atomic E-state index is 0.0645. The molecule has 0 amide bonds. The average Bonchev–Trinajstić information content (AvgIpc) is 2.69. The summed E-state index contributed by atoms with van der Waals surface area (Å²) in [5, 5.41) is 21.6. The first-order valence-corrected chi connectivity index (χ1v) is 6.34. The number of rotatable bonds is 4. The van der Waals surface area contributed by atoms with Gasteiger partial charge in [-0.05, 0) is 48.3 Å². The minimum Gasteiger partial charge on any atom is -0.550 e. The molecule has 3 rings (SSSR count). The van der Waals surface area contributed by atoms with Gasteiger partial charge in [0.05, 0.1) is 0 Å². The molecule has 0 saturated heterocycles. The molecular formula is C14H14O4-2. The molecule has 0 aromatic heterocycles. The van der Waals surface area contributed by atoms with Crippen LogP contribution in [0.3, 0.4) is 0 Å². The number of aliphatic carboxylic acids is 2. The average molecular weight is 246 g/mol. The fourth-order valence-corrected chi connectivity index (χ4v) is 4.18. The van der Waals surface area contributed by atoms with E-state index in [0.717, 1.165) is 0 Å².